The van der Waals surface area contributed by atoms with Crippen LogP contribution >= 0.6 is 23.2 Å². The summed E-state index contributed by atoms with van der Waals surface area (Å²) in [6.45, 7) is 0. The maximum Gasteiger partial charge on any atom is 0.134 e. The van der Waals surface area contributed by atoms with Crippen molar-refractivity contribution in [1.82, 2.24) is 9.78 Å². The van der Waals surface area contributed by atoms with Gasteiger partial charge in [-0.2, -0.15) is 5.10 Å². The average molecular weight is 288 g/mol. The molecule has 0 saturated carbocycles. The van der Waals surface area contributed by atoms with Crippen molar-refractivity contribution < 1.29 is 0 Å². The quantitative estimate of drug-likeness (QED) is 0.671. The van der Waals surface area contributed by atoms with E-state index in [0.717, 1.165) is 16.9 Å². The minimum atomic E-state index is 0.478. The first kappa shape index (κ1) is 12.3. The number of aromatic nitrogens is 2. The van der Waals surface area contributed by atoms with Gasteiger partial charge in [-0.15, -0.1) is 0 Å². The van der Waals surface area contributed by atoms with Crippen molar-refractivity contribution in [3.05, 3.63) is 70.8 Å². The Kier molecular flexibility index (Phi) is 3.28. The van der Waals surface area contributed by atoms with E-state index in [9.17, 15) is 0 Å². The van der Waals surface area contributed by atoms with Crippen LogP contribution in [0.2, 0.25) is 10.0 Å². The second-order valence-electron chi connectivity index (χ2n) is 4.03. The van der Waals surface area contributed by atoms with E-state index in [1.807, 2.05) is 54.6 Å². The molecule has 4 heteroatoms. The Bertz CT molecular complexity index is 705. The smallest absolute Gasteiger partial charge is 0.134 e. The Hall–Kier alpha value is -1.77. The van der Waals surface area contributed by atoms with Crippen LogP contribution in [-0.4, -0.2) is 9.78 Å². The molecule has 0 aliphatic carbocycles. The minimum Gasteiger partial charge on any atom is -0.231 e. The molecule has 2 nitrogen and oxygen atoms in total. The third-order valence-electron chi connectivity index (χ3n) is 2.77. The Balaban J connectivity index is 2.20. The molecule has 0 spiro atoms. The zero-order valence-electron chi connectivity index (χ0n) is 9.85. The fraction of sp³-hybridized carbons (Fsp3) is 0. The standard InChI is InChI=1S/C15H9Cl2N2/c16-12-6-4-5-11(9-12)15-14(17)10-18-19(15)13-7-2-1-3-8-13/h1-9H. The Morgan fingerprint density at radius 3 is 2.47 bits per heavy atom. The van der Waals surface area contributed by atoms with Crippen LogP contribution < -0.4 is 0 Å². The molecule has 3 aromatic rings. The van der Waals surface area contributed by atoms with Gasteiger partial charge in [-0.25, -0.2) is 4.68 Å². The van der Waals surface area contributed by atoms with Crippen LogP contribution in [0, 0.1) is 6.20 Å². The maximum absolute atomic E-state index is 6.20. The predicted octanol–water partition coefficient (Wildman–Crippen LogP) is 4.65. The fourth-order valence-corrected chi connectivity index (χ4v) is 2.35. The monoisotopic (exact) mass is 287 g/mol. The normalized spacial score (nSPS) is 10.6. The van der Waals surface area contributed by atoms with Gasteiger partial charge in [-0.1, -0.05) is 53.5 Å². The van der Waals surface area contributed by atoms with Crippen molar-refractivity contribution in [3.8, 4) is 16.9 Å². The van der Waals surface area contributed by atoms with E-state index in [1.54, 1.807) is 4.68 Å². The highest BCUT2D eigenvalue weighted by molar-refractivity contribution is 6.33. The van der Waals surface area contributed by atoms with Crippen LogP contribution in [-0.2, 0) is 0 Å². The molecule has 2 aromatic carbocycles. The molecule has 0 saturated heterocycles. The summed E-state index contributed by atoms with van der Waals surface area (Å²) >= 11 is 12.2. The summed E-state index contributed by atoms with van der Waals surface area (Å²) in [4.78, 5) is 0. The number of hydrogen-bond acceptors (Lipinski definition) is 1. The summed E-state index contributed by atoms with van der Waals surface area (Å²) in [6.07, 6.45) is 2.79. The molecule has 0 unspecified atom stereocenters. The number of para-hydroxylation sites is 1. The van der Waals surface area contributed by atoms with Crippen LogP contribution in [0.1, 0.15) is 0 Å². The molecule has 0 fully saturated rings. The Morgan fingerprint density at radius 1 is 0.947 bits per heavy atom. The number of benzene rings is 2. The van der Waals surface area contributed by atoms with Crippen LogP contribution in [0.15, 0.2) is 54.6 Å². The molecule has 19 heavy (non-hydrogen) atoms. The number of hydrogen-bond donors (Lipinski definition) is 0. The lowest BCUT2D eigenvalue weighted by molar-refractivity contribution is 0.884. The molecule has 1 heterocycles. The third kappa shape index (κ3) is 2.37. The van der Waals surface area contributed by atoms with Gasteiger partial charge in [-0.3, -0.25) is 0 Å². The molecule has 0 bridgehead atoms. The van der Waals surface area contributed by atoms with Crippen molar-refractivity contribution in [3.63, 3.8) is 0 Å². The Labute approximate surface area is 121 Å². The van der Waals surface area contributed by atoms with Crippen molar-refractivity contribution in [2.45, 2.75) is 0 Å². The summed E-state index contributed by atoms with van der Waals surface area (Å²) in [6, 6.07) is 17.3. The summed E-state index contributed by atoms with van der Waals surface area (Å²) < 4.78 is 1.76. The molecule has 0 atom stereocenters. The molecule has 3 rings (SSSR count). The molecular weight excluding hydrogens is 279 g/mol. The van der Waals surface area contributed by atoms with Gasteiger partial charge in [0.2, 0.25) is 0 Å². The second kappa shape index (κ2) is 5.08. The Morgan fingerprint density at radius 2 is 1.74 bits per heavy atom. The fourth-order valence-electron chi connectivity index (χ4n) is 1.93. The van der Waals surface area contributed by atoms with Gasteiger partial charge < -0.3 is 0 Å². The predicted molar refractivity (Wildman–Crippen MR) is 77.9 cm³/mol. The van der Waals surface area contributed by atoms with Gasteiger partial charge in [0.1, 0.15) is 6.20 Å². The van der Waals surface area contributed by atoms with E-state index < -0.39 is 0 Å². The van der Waals surface area contributed by atoms with Crippen molar-refractivity contribution in [2.75, 3.05) is 0 Å². The molecule has 1 aromatic heterocycles. The lowest BCUT2D eigenvalue weighted by atomic mass is 10.1. The van der Waals surface area contributed by atoms with Gasteiger partial charge in [0.25, 0.3) is 0 Å². The highest BCUT2D eigenvalue weighted by Crippen LogP contribution is 2.30. The number of rotatable bonds is 2. The van der Waals surface area contributed by atoms with Gasteiger partial charge >= 0.3 is 0 Å². The van der Waals surface area contributed by atoms with Crippen LogP contribution in [0.25, 0.3) is 16.9 Å². The maximum atomic E-state index is 6.20. The van der Waals surface area contributed by atoms with Crippen molar-refractivity contribution in [1.29, 1.82) is 0 Å². The van der Waals surface area contributed by atoms with E-state index in [1.165, 1.54) is 0 Å². The SMILES string of the molecule is Clc1cccc(-c2c(Cl)[c]nn2-c2ccccc2)c1. The van der Waals surface area contributed by atoms with E-state index in [-0.39, 0.29) is 0 Å². The summed E-state index contributed by atoms with van der Waals surface area (Å²) in [7, 11) is 0. The summed E-state index contributed by atoms with van der Waals surface area (Å²) in [5.41, 5.74) is 2.63. The molecule has 1 radical (unpaired) electrons. The molecular formula is C15H9Cl2N2. The van der Waals surface area contributed by atoms with Crippen LogP contribution in [0.5, 0.6) is 0 Å². The molecule has 93 valence electrons. The first-order valence-electron chi connectivity index (χ1n) is 5.73. The average Bonchev–Trinajstić information content (AvgIpc) is 2.82. The highest BCUT2D eigenvalue weighted by atomic mass is 35.5. The van der Waals surface area contributed by atoms with E-state index in [4.69, 9.17) is 23.2 Å². The number of halogens is 2. The van der Waals surface area contributed by atoms with Gasteiger partial charge in [-0.05, 0) is 24.3 Å². The zero-order valence-corrected chi connectivity index (χ0v) is 11.4. The van der Waals surface area contributed by atoms with Gasteiger partial charge in [0.05, 0.1) is 16.4 Å². The molecule has 0 N–H and O–H groups in total. The lowest BCUT2D eigenvalue weighted by Gasteiger charge is -2.08. The minimum absolute atomic E-state index is 0.478. The second-order valence-corrected chi connectivity index (χ2v) is 4.85. The first-order valence-corrected chi connectivity index (χ1v) is 6.49. The number of nitrogens with zero attached hydrogens (tertiary/aromatic N) is 2. The van der Waals surface area contributed by atoms with Gasteiger partial charge in [0.15, 0.2) is 0 Å². The molecule has 0 amide bonds. The zero-order chi connectivity index (χ0) is 13.2. The topological polar surface area (TPSA) is 17.8 Å². The summed E-state index contributed by atoms with van der Waals surface area (Å²) in [5, 5.41) is 5.35. The van der Waals surface area contributed by atoms with E-state index >= 15 is 0 Å². The van der Waals surface area contributed by atoms with Crippen LogP contribution in [0.4, 0.5) is 0 Å². The molecule has 0 aliphatic rings. The highest BCUT2D eigenvalue weighted by Gasteiger charge is 2.13. The lowest BCUT2D eigenvalue weighted by Crippen LogP contribution is -1.98. The third-order valence-corrected chi connectivity index (χ3v) is 3.27. The largest absolute Gasteiger partial charge is 0.231 e. The van der Waals surface area contributed by atoms with Gasteiger partial charge in [0, 0.05) is 10.6 Å². The van der Waals surface area contributed by atoms with Crippen molar-refractivity contribution >= 4 is 23.2 Å². The van der Waals surface area contributed by atoms with E-state index in [2.05, 4.69) is 11.3 Å². The van der Waals surface area contributed by atoms with E-state index in [0.29, 0.717) is 10.0 Å². The molecule has 0 aliphatic heterocycles. The van der Waals surface area contributed by atoms with Crippen LogP contribution in [0.3, 0.4) is 0 Å². The van der Waals surface area contributed by atoms with Crippen molar-refractivity contribution in [2.24, 2.45) is 0 Å². The first-order chi connectivity index (χ1) is 9.25. The summed E-state index contributed by atoms with van der Waals surface area (Å²) in [5.74, 6) is 0.